The van der Waals surface area contributed by atoms with Gasteiger partial charge in [0, 0.05) is 50.8 Å². The molecule has 0 aliphatic heterocycles. The highest BCUT2D eigenvalue weighted by Gasteiger charge is 2.64. The number of anilines is 1. The topological polar surface area (TPSA) is 97.4 Å². The molecule has 3 aromatic heterocycles. The van der Waals surface area contributed by atoms with Gasteiger partial charge in [0.1, 0.15) is 17.3 Å². The number of ether oxygens (including phenoxy) is 2. The molecule has 2 saturated carbocycles. The van der Waals surface area contributed by atoms with Crippen LogP contribution in [0.15, 0.2) is 54.9 Å². The molecule has 2 unspecified atom stereocenters. The van der Waals surface area contributed by atoms with E-state index in [0.717, 1.165) is 39.4 Å². The van der Waals surface area contributed by atoms with Crippen molar-refractivity contribution < 1.29 is 18.7 Å². The number of methoxy groups -OCH3 is 1. The Labute approximate surface area is 217 Å². The zero-order valence-corrected chi connectivity index (χ0v) is 21.0. The molecule has 0 saturated heterocycles. The number of nitrogens with one attached hydrogen (secondary N) is 3. The Kier molecular flexibility index (Phi) is 6.45. The summed E-state index contributed by atoms with van der Waals surface area (Å²) >= 11 is 1.52. The van der Waals surface area contributed by atoms with Gasteiger partial charge in [-0.2, -0.15) is 0 Å². The van der Waals surface area contributed by atoms with E-state index in [2.05, 4.69) is 25.9 Å². The molecule has 2 aliphatic rings. The number of carbonyl (C=O) groups is 1. The molecule has 190 valence electrons. The maximum absolute atomic E-state index is 14.7. The number of fused-ring (bicyclic) bond motifs is 2. The van der Waals surface area contributed by atoms with Gasteiger partial charge in [-0.1, -0.05) is 6.07 Å². The standard InChI is InChI=1S/C27H26FN5O3S/c1-35-9-8-29-13-15-2-4-21(31-14-15)24-12-22-26(37-24)23(6-7-30-22)36-16-3-5-20(19(28)10-16)32-27(34)33-25-17-11-18(17)25/h2-7,10,12,14,17-18,25,29H,8-9,11,13H2,1H3,(H2,32,33,34). The van der Waals surface area contributed by atoms with E-state index in [4.69, 9.17) is 9.47 Å². The average molecular weight is 520 g/mol. The number of thiophene rings is 1. The summed E-state index contributed by atoms with van der Waals surface area (Å²) in [6, 6.07) is 12.0. The van der Waals surface area contributed by atoms with Crippen LogP contribution in [0.3, 0.4) is 0 Å². The molecule has 10 heteroatoms. The average Bonchev–Trinajstić information content (AvgIpc) is 3.78. The Balaban J connectivity index is 1.13. The van der Waals surface area contributed by atoms with Crippen LogP contribution in [-0.2, 0) is 11.3 Å². The van der Waals surface area contributed by atoms with Gasteiger partial charge in [0.15, 0.2) is 0 Å². The molecule has 0 radical (unpaired) electrons. The summed E-state index contributed by atoms with van der Waals surface area (Å²) in [4.78, 5) is 22.1. The molecule has 1 aromatic carbocycles. The molecule has 6 rings (SSSR count). The van der Waals surface area contributed by atoms with Crippen molar-refractivity contribution in [3.05, 3.63) is 66.2 Å². The number of nitrogens with zero attached hydrogens (tertiary/aromatic N) is 2. The third-order valence-electron chi connectivity index (χ3n) is 6.65. The summed E-state index contributed by atoms with van der Waals surface area (Å²) in [6.45, 7) is 2.17. The van der Waals surface area contributed by atoms with Crippen LogP contribution in [0.1, 0.15) is 12.0 Å². The lowest BCUT2D eigenvalue weighted by molar-refractivity contribution is 0.199. The predicted molar refractivity (Wildman–Crippen MR) is 140 cm³/mol. The zero-order chi connectivity index (χ0) is 25.4. The highest BCUT2D eigenvalue weighted by molar-refractivity contribution is 7.22. The van der Waals surface area contributed by atoms with Gasteiger partial charge in [-0.15, -0.1) is 11.3 Å². The van der Waals surface area contributed by atoms with Crippen LogP contribution in [0.5, 0.6) is 11.5 Å². The van der Waals surface area contributed by atoms with Crippen molar-refractivity contribution in [3.8, 4) is 22.1 Å². The lowest BCUT2D eigenvalue weighted by Crippen LogP contribution is -2.34. The Morgan fingerprint density at radius 2 is 2.05 bits per heavy atom. The molecule has 2 fully saturated rings. The summed E-state index contributed by atoms with van der Waals surface area (Å²) in [7, 11) is 1.68. The van der Waals surface area contributed by atoms with Crippen LogP contribution in [0, 0.1) is 17.7 Å². The van der Waals surface area contributed by atoms with E-state index in [1.165, 1.54) is 29.9 Å². The summed E-state index contributed by atoms with van der Waals surface area (Å²) in [5.41, 5.74) is 2.82. The second-order valence-electron chi connectivity index (χ2n) is 9.29. The molecule has 3 heterocycles. The normalized spacial score (nSPS) is 19.4. The van der Waals surface area contributed by atoms with Crippen molar-refractivity contribution in [1.82, 2.24) is 20.6 Å². The molecule has 2 aliphatic carbocycles. The zero-order valence-electron chi connectivity index (χ0n) is 20.2. The van der Waals surface area contributed by atoms with Gasteiger partial charge in [0.05, 0.1) is 33.1 Å². The monoisotopic (exact) mass is 519 g/mol. The van der Waals surface area contributed by atoms with E-state index < -0.39 is 5.82 Å². The van der Waals surface area contributed by atoms with Crippen molar-refractivity contribution in [2.24, 2.45) is 11.8 Å². The minimum absolute atomic E-state index is 0.112. The molecule has 0 bridgehead atoms. The second kappa shape index (κ2) is 10.0. The van der Waals surface area contributed by atoms with E-state index >= 15 is 0 Å². The molecular weight excluding hydrogens is 493 g/mol. The first-order chi connectivity index (χ1) is 18.1. The Morgan fingerprint density at radius 1 is 1.16 bits per heavy atom. The van der Waals surface area contributed by atoms with Crippen molar-refractivity contribution >= 4 is 33.3 Å². The van der Waals surface area contributed by atoms with Gasteiger partial charge < -0.3 is 25.4 Å². The predicted octanol–water partition coefficient (Wildman–Crippen LogP) is 5.17. The SMILES string of the molecule is COCCNCc1ccc(-c2cc3nccc(Oc4ccc(NC(=O)NC5C6CC65)c(F)c4)c3s2)nc1. The maximum atomic E-state index is 14.7. The molecule has 2 atom stereocenters. The van der Waals surface area contributed by atoms with Crippen molar-refractivity contribution in [2.45, 2.75) is 19.0 Å². The molecule has 0 spiro atoms. The molecule has 37 heavy (non-hydrogen) atoms. The Bertz CT molecular complexity index is 1440. The fourth-order valence-electron chi connectivity index (χ4n) is 4.29. The highest BCUT2D eigenvalue weighted by Crippen LogP contribution is 2.62. The third-order valence-corrected chi connectivity index (χ3v) is 7.81. The fourth-order valence-corrected chi connectivity index (χ4v) is 5.34. The number of amides is 2. The first-order valence-corrected chi connectivity index (χ1v) is 13.0. The third kappa shape index (κ3) is 5.27. The number of urea groups is 1. The van der Waals surface area contributed by atoms with E-state index in [0.29, 0.717) is 29.9 Å². The summed E-state index contributed by atoms with van der Waals surface area (Å²) in [6.07, 6.45) is 4.71. The number of rotatable bonds is 10. The first kappa shape index (κ1) is 23.8. The van der Waals surface area contributed by atoms with Crippen LogP contribution in [-0.4, -0.2) is 42.3 Å². The van der Waals surface area contributed by atoms with Crippen LogP contribution < -0.4 is 20.7 Å². The van der Waals surface area contributed by atoms with Crippen molar-refractivity contribution in [1.29, 1.82) is 0 Å². The number of carbonyl (C=O) groups excluding carboxylic acids is 1. The number of pyridine rings is 2. The Morgan fingerprint density at radius 3 is 2.78 bits per heavy atom. The van der Waals surface area contributed by atoms with E-state index in [1.54, 1.807) is 25.4 Å². The largest absolute Gasteiger partial charge is 0.456 e. The fraction of sp³-hybridized carbons (Fsp3) is 0.296. The van der Waals surface area contributed by atoms with Gasteiger partial charge in [-0.3, -0.25) is 9.97 Å². The van der Waals surface area contributed by atoms with Crippen molar-refractivity contribution in [2.75, 3.05) is 25.6 Å². The molecule has 3 N–H and O–H groups in total. The number of hydrogen-bond donors (Lipinski definition) is 3. The Hall–Kier alpha value is -3.60. The molecule has 8 nitrogen and oxygen atoms in total. The van der Waals surface area contributed by atoms with Crippen LogP contribution in [0.2, 0.25) is 0 Å². The van der Waals surface area contributed by atoms with Crippen molar-refractivity contribution in [3.63, 3.8) is 0 Å². The van der Waals surface area contributed by atoms with Crippen LogP contribution >= 0.6 is 11.3 Å². The van der Waals surface area contributed by atoms with Gasteiger partial charge in [-0.25, -0.2) is 9.18 Å². The quantitative estimate of drug-likeness (QED) is 0.250. The summed E-state index contributed by atoms with van der Waals surface area (Å²) in [5, 5.41) is 8.75. The number of aromatic nitrogens is 2. The van der Waals surface area contributed by atoms with E-state index in [1.807, 2.05) is 24.4 Å². The summed E-state index contributed by atoms with van der Waals surface area (Å²) in [5.74, 6) is 1.60. The first-order valence-electron chi connectivity index (χ1n) is 12.2. The van der Waals surface area contributed by atoms with Gasteiger partial charge in [-0.05, 0) is 48.1 Å². The maximum Gasteiger partial charge on any atom is 0.319 e. The lowest BCUT2D eigenvalue weighted by atomic mass is 10.2. The lowest BCUT2D eigenvalue weighted by Gasteiger charge is -2.11. The number of hydrogen-bond acceptors (Lipinski definition) is 7. The molecule has 2 amide bonds. The minimum Gasteiger partial charge on any atom is -0.456 e. The van der Waals surface area contributed by atoms with Crippen LogP contribution in [0.25, 0.3) is 20.8 Å². The number of halogens is 1. The van der Waals surface area contributed by atoms with E-state index in [9.17, 15) is 9.18 Å². The molecular formula is C27H26FN5O3S. The molecule has 4 aromatic rings. The number of benzene rings is 1. The highest BCUT2D eigenvalue weighted by atomic mass is 32.1. The minimum atomic E-state index is -0.563. The van der Waals surface area contributed by atoms with Crippen LogP contribution in [0.4, 0.5) is 14.9 Å². The van der Waals surface area contributed by atoms with Gasteiger partial charge >= 0.3 is 6.03 Å². The smallest absolute Gasteiger partial charge is 0.319 e. The van der Waals surface area contributed by atoms with E-state index in [-0.39, 0.29) is 17.8 Å². The second-order valence-corrected chi connectivity index (χ2v) is 10.3. The van der Waals surface area contributed by atoms with Gasteiger partial charge in [0.25, 0.3) is 0 Å². The van der Waals surface area contributed by atoms with Gasteiger partial charge in [0.2, 0.25) is 0 Å². The summed E-state index contributed by atoms with van der Waals surface area (Å²) < 4.78 is 26.6.